The molecule has 1 heterocycles. The molecule has 0 unspecified atom stereocenters. The molecule has 3 nitrogen and oxygen atoms in total. The molecule has 2 N–H and O–H groups in total. The quantitative estimate of drug-likeness (QED) is 0.827. The topological polar surface area (TPSA) is 52.0 Å². The standard InChI is InChI=1S/C9H13BrN2O/c1-9(4-2-3-5-9)7-6(10)8(11)12-13-7/h2-5H2,1H3,(H2,11,12). The highest BCUT2D eigenvalue weighted by Gasteiger charge is 2.36. The second-order valence-corrected chi connectivity index (χ2v) is 4.77. The average molecular weight is 245 g/mol. The lowest BCUT2D eigenvalue weighted by atomic mass is 9.86. The van der Waals surface area contributed by atoms with Crippen molar-refractivity contribution in [2.75, 3.05) is 5.73 Å². The lowest BCUT2D eigenvalue weighted by molar-refractivity contribution is 0.305. The van der Waals surface area contributed by atoms with Crippen molar-refractivity contribution in [1.29, 1.82) is 0 Å². The largest absolute Gasteiger partial charge is 0.380 e. The van der Waals surface area contributed by atoms with E-state index in [4.69, 9.17) is 10.3 Å². The number of halogens is 1. The van der Waals surface area contributed by atoms with Gasteiger partial charge in [-0.3, -0.25) is 0 Å². The molecule has 0 bridgehead atoms. The molecule has 0 atom stereocenters. The van der Waals surface area contributed by atoms with E-state index in [1.807, 2.05) is 0 Å². The van der Waals surface area contributed by atoms with Gasteiger partial charge in [0.2, 0.25) is 0 Å². The summed E-state index contributed by atoms with van der Waals surface area (Å²) in [6.07, 6.45) is 4.87. The van der Waals surface area contributed by atoms with Crippen LogP contribution in [0.25, 0.3) is 0 Å². The summed E-state index contributed by atoms with van der Waals surface area (Å²) in [4.78, 5) is 0. The number of nitrogen functional groups attached to an aromatic ring is 1. The Morgan fingerprint density at radius 3 is 2.54 bits per heavy atom. The minimum atomic E-state index is 0.142. The predicted octanol–water partition coefficient (Wildman–Crippen LogP) is 2.85. The molecule has 0 aromatic carbocycles. The maximum absolute atomic E-state index is 5.62. The zero-order valence-electron chi connectivity index (χ0n) is 7.64. The van der Waals surface area contributed by atoms with E-state index in [1.165, 1.54) is 25.7 Å². The Bertz CT molecular complexity index is 315. The highest BCUT2D eigenvalue weighted by atomic mass is 79.9. The van der Waals surface area contributed by atoms with Gasteiger partial charge in [-0.15, -0.1) is 0 Å². The first-order valence-electron chi connectivity index (χ1n) is 4.55. The fraction of sp³-hybridized carbons (Fsp3) is 0.667. The zero-order chi connectivity index (χ0) is 9.47. The molecule has 1 aromatic heterocycles. The van der Waals surface area contributed by atoms with Gasteiger partial charge in [0.25, 0.3) is 0 Å². The number of rotatable bonds is 1. The minimum Gasteiger partial charge on any atom is -0.380 e. The van der Waals surface area contributed by atoms with E-state index in [9.17, 15) is 0 Å². The maximum atomic E-state index is 5.62. The molecule has 1 saturated carbocycles. The summed E-state index contributed by atoms with van der Waals surface area (Å²) in [7, 11) is 0. The smallest absolute Gasteiger partial charge is 0.181 e. The van der Waals surface area contributed by atoms with Crippen molar-refractivity contribution in [2.24, 2.45) is 0 Å². The summed E-state index contributed by atoms with van der Waals surface area (Å²) in [5.41, 5.74) is 5.76. The van der Waals surface area contributed by atoms with E-state index in [-0.39, 0.29) is 5.41 Å². The number of nitrogens with two attached hydrogens (primary N) is 1. The third-order valence-electron chi connectivity index (χ3n) is 2.91. The van der Waals surface area contributed by atoms with E-state index in [1.54, 1.807) is 0 Å². The molecular formula is C9H13BrN2O. The van der Waals surface area contributed by atoms with Crippen LogP contribution >= 0.6 is 15.9 Å². The number of aromatic nitrogens is 1. The van der Waals surface area contributed by atoms with E-state index in [2.05, 4.69) is 28.0 Å². The number of anilines is 1. The van der Waals surface area contributed by atoms with Crippen molar-refractivity contribution < 1.29 is 4.52 Å². The monoisotopic (exact) mass is 244 g/mol. The van der Waals surface area contributed by atoms with Crippen molar-refractivity contribution in [3.63, 3.8) is 0 Å². The second kappa shape index (κ2) is 3.01. The van der Waals surface area contributed by atoms with Gasteiger partial charge in [-0.1, -0.05) is 24.9 Å². The van der Waals surface area contributed by atoms with Crippen molar-refractivity contribution >= 4 is 21.7 Å². The van der Waals surface area contributed by atoms with E-state index >= 15 is 0 Å². The van der Waals surface area contributed by atoms with Crippen LogP contribution in [-0.4, -0.2) is 5.16 Å². The third kappa shape index (κ3) is 1.37. The lowest BCUT2D eigenvalue weighted by Crippen LogP contribution is -2.16. The summed E-state index contributed by atoms with van der Waals surface area (Å²) in [5, 5.41) is 3.76. The highest BCUT2D eigenvalue weighted by Crippen LogP contribution is 2.44. The summed E-state index contributed by atoms with van der Waals surface area (Å²) < 4.78 is 6.10. The first-order valence-corrected chi connectivity index (χ1v) is 5.34. The SMILES string of the molecule is CC1(c2onc(N)c2Br)CCCC1. The molecule has 0 saturated heterocycles. The van der Waals surface area contributed by atoms with Crippen LogP contribution in [0, 0.1) is 0 Å². The minimum absolute atomic E-state index is 0.142. The average Bonchev–Trinajstić information content (AvgIpc) is 2.63. The fourth-order valence-electron chi connectivity index (χ4n) is 2.05. The van der Waals surface area contributed by atoms with Crippen molar-refractivity contribution in [1.82, 2.24) is 5.16 Å². The van der Waals surface area contributed by atoms with Gasteiger partial charge in [0.05, 0.1) is 0 Å². The maximum Gasteiger partial charge on any atom is 0.181 e. The van der Waals surface area contributed by atoms with Crippen molar-refractivity contribution in [3.8, 4) is 0 Å². The van der Waals surface area contributed by atoms with Gasteiger partial charge in [-0.25, -0.2) is 0 Å². The van der Waals surface area contributed by atoms with Gasteiger partial charge >= 0.3 is 0 Å². The Morgan fingerprint density at radius 2 is 2.08 bits per heavy atom. The third-order valence-corrected chi connectivity index (χ3v) is 3.68. The fourth-order valence-corrected chi connectivity index (χ4v) is 2.67. The van der Waals surface area contributed by atoms with Gasteiger partial charge in [0.15, 0.2) is 11.6 Å². The Balaban J connectivity index is 2.39. The molecule has 0 spiro atoms. The molecule has 2 rings (SSSR count). The Kier molecular flexibility index (Phi) is 2.10. The van der Waals surface area contributed by atoms with Crippen LogP contribution in [0.4, 0.5) is 5.82 Å². The molecule has 1 aliphatic carbocycles. The van der Waals surface area contributed by atoms with Crippen LogP contribution in [0.3, 0.4) is 0 Å². The summed E-state index contributed by atoms with van der Waals surface area (Å²) in [6.45, 7) is 2.21. The van der Waals surface area contributed by atoms with Gasteiger partial charge in [0.1, 0.15) is 4.47 Å². The van der Waals surface area contributed by atoms with Crippen LogP contribution in [0.15, 0.2) is 9.00 Å². The molecular weight excluding hydrogens is 232 g/mol. The normalized spacial score (nSPS) is 20.8. The number of hydrogen-bond acceptors (Lipinski definition) is 3. The molecule has 72 valence electrons. The van der Waals surface area contributed by atoms with E-state index in [0.717, 1.165) is 10.2 Å². The molecule has 1 aliphatic rings. The van der Waals surface area contributed by atoms with Gasteiger partial charge < -0.3 is 10.3 Å². The number of hydrogen-bond donors (Lipinski definition) is 1. The molecule has 13 heavy (non-hydrogen) atoms. The Labute approximate surface area is 85.8 Å². The molecule has 0 radical (unpaired) electrons. The highest BCUT2D eigenvalue weighted by molar-refractivity contribution is 9.10. The molecule has 1 fully saturated rings. The summed E-state index contributed by atoms with van der Waals surface area (Å²) in [5.74, 6) is 1.38. The van der Waals surface area contributed by atoms with Crippen molar-refractivity contribution in [2.45, 2.75) is 38.0 Å². The van der Waals surface area contributed by atoms with Gasteiger partial charge in [-0.05, 0) is 28.8 Å². The Hall–Kier alpha value is -0.510. The van der Waals surface area contributed by atoms with Crippen molar-refractivity contribution in [3.05, 3.63) is 10.2 Å². The summed E-state index contributed by atoms with van der Waals surface area (Å²) in [6, 6.07) is 0. The van der Waals surface area contributed by atoms with Crippen LogP contribution in [0.1, 0.15) is 38.4 Å². The molecule has 0 aliphatic heterocycles. The zero-order valence-corrected chi connectivity index (χ0v) is 9.23. The molecule has 4 heteroatoms. The van der Waals surface area contributed by atoms with Crippen LogP contribution in [-0.2, 0) is 5.41 Å². The van der Waals surface area contributed by atoms with Crippen LogP contribution in [0.5, 0.6) is 0 Å². The number of nitrogens with zero attached hydrogens (tertiary/aromatic N) is 1. The van der Waals surface area contributed by atoms with Crippen LogP contribution < -0.4 is 5.73 Å². The molecule has 1 aromatic rings. The summed E-state index contributed by atoms with van der Waals surface area (Å²) >= 11 is 3.41. The van der Waals surface area contributed by atoms with Gasteiger partial charge in [-0.2, -0.15) is 0 Å². The first-order chi connectivity index (χ1) is 6.13. The van der Waals surface area contributed by atoms with E-state index in [0.29, 0.717) is 5.82 Å². The van der Waals surface area contributed by atoms with Crippen LogP contribution in [0.2, 0.25) is 0 Å². The van der Waals surface area contributed by atoms with Gasteiger partial charge in [0, 0.05) is 5.41 Å². The predicted molar refractivity (Wildman–Crippen MR) is 54.4 cm³/mol. The molecule has 0 amide bonds. The van der Waals surface area contributed by atoms with E-state index < -0.39 is 0 Å². The lowest BCUT2D eigenvalue weighted by Gasteiger charge is -2.19. The first kappa shape index (κ1) is 9.06. The Morgan fingerprint density at radius 1 is 1.46 bits per heavy atom. The second-order valence-electron chi connectivity index (χ2n) is 3.98.